The molecule has 1 unspecified atom stereocenters. The molecule has 0 aliphatic rings. The Balaban J connectivity index is 2.64. The zero-order chi connectivity index (χ0) is 11.4. The number of aromatic nitrogens is 1. The first-order valence-corrected chi connectivity index (χ1v) is 5.07. The fraction of sp³-hybridized carbons (Fsp3) is 0.545. The van der Waals surface area contributed by atoms with Crippen molar-refractivity contribution in [2.45, 2.75) is 19.5 Å². The largest absolute Gasteiger partial charge is 0.347 e. The fourth-order valence-corrected chi connectivity index (χ4v) is 1.28. The molecule has 4 nitrogen and oxygen atoms in total. The van der Waals surface area contributed by atoms with Crippen LogP contribution in [0.3, 0.4) is 0 Å². The van der Waals surface area contributed by atoms with Crippen LogP contribution in [-0.2, 0) is 11.3 Å². The summed E-state index contributed by atoms with van der Waals surface area (Å²) in [4.78, 5) is 13.0. The molecule has 0 saturated carbocycles. The summed E-state index contributed by atoms with van der Waals surface area (Å²) in [6.07, 6.45) is 3.94. The topological polar surface area (TPSA) is 37.3 Å². The second kappa shape index (κ2) is 4.98. The maximum Gasteiger partial charge on any atom is 0.241 e. The monoisotopic (exact) mass is 209 g/mol. The van der Waals surface area contributed by atoms with Crippen molar-refractivity contribution in [1.29, 1.82) is 0 Å². The van der Waals surface area contributed by atoms with E-state index in [0.29, 0.717) is 12.6 Å². The molecule has 0 bridgehead atoms. The standard InChI is InChI=1S/C11H19N3O/c1-9(12-2)10-5-6-14(7-10)8-11(15)13(3)4/h5-7,9,12H,8H2,1-4H3. The van der Waals surface area contributed by atoms with Gasteiger partial charge < -0.3 is 14.8 Å². The van der Waals surface area contributed by atoms with E-state index in [1.54, 1.807) is 19.0 Å². The Hall–Kier alpha value is -1.29. The molecule has 0 spiro atoms. The molecule has 1 N–H and O–H groups in total. The van der Waals surface area contributed by atoms with Crippen molar-refractivity contribution in [3.63, 3.8) is 0 Å². The Morgan fingerprint density at radius 3 is 2.80 bits per heavy atom. The Bertz CT molecular complexity index is 330. The van der Waals surface area contributed by atoms with Crippen molar-refractivity contribution in [2.75, 3.05) is 21.1 Å². The van der Waals surface area contributed by atoms with Gasteiger partial charge in [0.1, 0.15) is 6.54 Å². The van der Waals surface area contributed by atoms with Gasteiger partial charge >= 0.3 is 0 Å². The Kier molecular flexibility index (Phi) is 3.91. The van der Waals surface area contributed by atoms with Crippen molar-refractivity contribution in [2.24, 2.45) is 0 Å². The van der Waals surface area contributed by atoms with Gasteiger partial charge in [0, 0.05) is 32.5 Å². The van der Waals surface area contributed by atoms with Gasteiger partial charge in [-0.25, -0.2) is 0 Å². The molecule has 15 heavy (non-hydrogen) atoms. The summed E-state index contributed by atoms with van der Waals surface area (Å²) in [5, 5.41) is 3.16. The van der Waals surface area contributed by atoms with E-state index in [9.17, 15) is 4.79 Å². The Morgan fingerprint density at radius 2 is 2.27 bits per heavy atom. The van der Waals surface area contributed by atoms with Gasteiger partial charge in [-0.3, -0.25) is 4.79 Å². The minimum atomic E-state index is 0.106. The summed E-state index contributed by atoms with van der Waals surface area (Å²) in [5.41, 5.74) is 1.20. The third kappa shape index (κ3) is 3.09. The van der Waals surface area contributed by atoms with Crippen LogP contribution in [0.4, 0.5) is 0 Å². The molecule has 84 valence electrons. The van der Waals surface area contributed by atoms with Crippen molar-refractivity contribution < 1.29 is 4.79 Å². The fourth-order valence-electron chi connectivity index (χ4n) is 1.28. The lowest BCUT2D eigenvalue weighted by molar-refractivity contribution is -0.129. The third-order valence-corrected chi connectivity index (χ3v) is 2.52. The molecule has 1 heterocycles. The van der Waals surface area contributed by atoms with Crippen LogP contribution < -0.4 is 5.32 Å². The SMILES string of the molecule is CNC(C)c1ccn(CC(=O)N(C)C)c1. The van der Waals surface area contributed by atoms with E-state index >= 15 is 0 Å². The van der Waals surface area contributed by atoms with Crippen LogP contribution >= 0.6 is 0 Å². The molecule has 4 heteroatoms. The molecule has 1 rings (SSSR count). The molecular weight excluding hydrogens is 190 g/mol. The quantitative estimate of drug-likeness (QED) is 0.798. The molecule has 0 aliphatic carbocycles. The molecule has 0 radical (unpaired) electrons. The van der Waals surface area contributed by atoms with E-state index in [1.807, 2.05) is 30.1 Å². The van der Waals surface area contributed by atoms with Crippen LogP contribution in [0.25, 0.3) is 0 Å². The maximum absolute atomic E-state index is 11.5. The van der Waals surface area contributed by atoms with Gasteiger partial charge in [-0.05, 0) is 25.6 Å². The van der Waals surface area contributed by atoms with E-state index in [4.69, 9.17) is 0 Å². The highest BCUT2D eigenvalue weighted by atomic mass is 16.2. The molecule has 0 fully saturated rings. The lowest BCUT2D eigenvalue weighted by Crippen LogP contribution is -2.25. The normalized spacial score (nSPS) is 12.5. The van der Waals surface area contributed by atoms with Gasteiger partial charge in [0.25, 0.3) is 0 Å². The van der Waals surface area contributed by atoms with Gasteiger partial charge in [-0.1, -0.05) is 0 Å². The smallest absolute Gasteiger partial charge is 0.241 e. The van der Waals surface area contributed by atoms with Crippen molar-refractivity contribution in [3.05, 3.63) is 24.0 Å². The predicted molar refractivity (Wildman–Crippen MR) is 60.6 cm³/mol. The van der Waals surface area contributed by atoms with Crippen molar-refractivity contribution in [1.82, 2.24) is 14.8 Å². The summed E-state index contributed by atoms with van der Waals surface area (Å²) < 4.78 is 1.91. The summed E-state index contributed by atoms with van der Waals surface area (Å²) in [6, 6.07) is 2.35. The van der Waals surface area contributed by atoms with E-state index < -0.39 is 0 Å². The summed E-state index contributed by atoms with van der Waals surface area (Å²) in [5.74, 6) is 0.106. The number of carbonyl (C=O) groups excluding carboxylic acids is 1. The first-order chi connectivity index (χ1) is 7.04. The number of hydrogen-bond donors (Lipinski definition) is 1. The number of likely N-dealkylation sites (N-methyl/N-ethyl adjacent to an activating group) is 1. The van der Waals surface area contributed by atoms with Gasteiger partial charge in [0.2, 0.25) is 5.91 Å². The minimum absolute atomic E-state index is 0.106. The van der Waals surface area contributed by atoms with Gasteiger partial charge in [0.05, 0.1) is 0 Å². The maximum atomic E-state index is 11.5. The molecule has 1 aromatic rings. The Labute approximate surface area is 90.9 Å². The van der Waals surface area contributed by atoms with Crippen LogP contribution in [0, 0.1) is 0 Å². The average Bonchev–Trinajstić information content (AvgIpc) is 2.65. The van der Waals surface area contributed by atoms with Crippen LogP contribution in [0.2, 0.25) is 0 Å². The third-order valence-electron chi connectivity index (χ3n) is 2.52. The van der Waals surface area contributed by atoms with Crippen LogP contribution in [0.5, 0.6) is 0 Å². The van der Waals surface area contributed by atoms with Gasteiger partial charge in [0.15, 0.2) is 0 Å². The molecular formula is C11H19N3O. The van der Waals surface area contributed by atoms with Crippen molar-refractivity contribution in [3.8, 4) is 0 Å². The molecule has 1 atom stereocenters. The zero-order valence-electron chi connectivity index (χ0n) is 9.82. The lowest BCUT2D eigenvalue weighted by Gasteiger charge is -2.11. The van der Waals surface area contributed by atoms with Crippen LogP contribution in [0.15, 0.2) is 18.5 Å². The number of carbonyl (C=O) groups is 1. The highest BCUT2D eigenvalue weighted by molar-refractivity contribution is 5.75. The number of nitrogens with one attached hydrogen (secondary N) is 1. The first kappa shape index (κ1) is 11.8. The highest BCUT2D eigenvalue weighted by Crippen LogP contribution is 2.11. The van der Waals surface area contributed by atoms with Gasteiger partial charge in [-0.2, -0.15) is 0 Å². The average molecular weight is 209 g/mol. The van der Waals surface area contributed by atoms with Crippen molar-refractivity contribution >= 4 is 5.91 Å². The lowest BCUT2D eigenvalue weighted by atomic mass is 10.2. The molecule has 0 aromatic carbocycles. The number of amides is 1. The summed E-state index contributed by atoms with van der Waals surface area (Å²) in [7, 11) is 5.46. The van der Waals surface area contributed by atoms with Crippen LogP contribution in [0.1, 0.15) is 18.5 Å². The van der Waals surface area contributed by atoms with E-state index in [2.05, 4.69) is 12.2 Å². The molecule has 1 amide bonds. The molecule has 0 saturated heterocycles. The predicted octanol–water partition coefficient (Wildman–Crippen LogP) is 0.857. The second-order valence-corrected chi connectivity index (χ2v) is 3.92. The highest BCUT2D eigenvalue weighted by Gasteiger charge is 2.07. The van der Waals surface area contributed by atoms with Crippen LogP contribution in [-0.4, -0.2) is 36.5 Å². The number of rotatable bonds is 4. The minimum Gasteiger partial charge on any atom is -0.347 e. The first-order valence-electron chi connectivity index (χ1n) is 5.07. The van der Waals surface area contributed by atoms with E-state index in [-0.39, 0.29) is 5.91 Å². The zero-order valence-corrected chi connectivity index (χ0v) is 9.82. The Morgan fingerprint density at radius 1 is 1.60 bits per heavy atom. The summed E-state index contributed by atoms with van der Waals surface area (Å²) in [6.45, 7) is 2.50. The van der Waals surface area contributed by atoms with E-state index in [0.717, 1.165) is 0 Å². The molecule has 0 aliphatic heterocycles. The summed E-state index contributed by atoms with van der Waals surface area (Å²) >= 11 is 0. The van der Waals surface area contributed by atoms with E-state index in [1.165, 1.54) is 5.56 Å². The van der Waals surface area contributed by atoms with Gasteiger partial charge in [-0.15, -0.1) is 0 Å². The second-order valence-electron chi connectivity index (χ2n) is 3.92. The number of hydrogen-bond acceptors (Lipinski definition) is 2. The molecule has 1 aromatic heterocycles. The number of nitrogens with zero attached hydrogens (tertiary/aromatic N) is 2.